The van der Waals surface area contributed by atoms with Crippen molar-refractivity contribution in [2.75, 3.05) is 32.2 Å². The maximum atomic E-state index is 15.0. The second-order valence-electron chi connectivity index (χ2n) is 14.7. The Bertz CT molecular complexity index is 2230. The van der Waals surface area contributed by atoms with Crippen molar-refractivity contribution in [3.05, 3.63) is 137 Å². The average Bonchev–Trinajstić information content (AvgIpc) is 3.50. The number of piperidine rings is 1. The van der Waals surface area contributed by atoms with Crippen LogP contribution in [0.15, 0.2) is 120 Å². The van der Waals surface area contributed by atoms with E-state index < -0.39 is 5.60 Å². The van der Waals surface area contributed by atoms with Gasteiger partial charge in [-0.1, -0.05) is 42.5 Å². The molecule has 0 aliphatic carbocycles. The summed E-state index contributed by atoms with van der Waals surface area (Å²) in [4.78, 5) is 37.2. The van der Waals surface area contributed by atoms with Crippen molar-refractivity contribution in [3.8, 4) is 28.7 Å². The van der Waals surface area contributed by atoms with Gasteiger partial charge < -0.3 is 28.7 Å². The summed E-state index contributed by atoms with van der Waals surface area (Å²) in [5.41, 5.74) is 3.30. The topological polar surface area (TPSA) is 100 Å². The summed E-state index contributed by atoms with van der Waals surface area (Å²) in [6.07, 6.45) is 2.84. The van der Waals surface area contributed by atoms with Gasteiger partial charge >= 0.3 is 11.8 Å². The molecule has 0 radical (unpaired) electrons. The molecule has 0 saturated carbocycles. The first-order chi connectivity index (χ1) is 26.6. The molecule has 0 unspecified atom stereocenters. The van der Waals surface area contributed by atoms with Gasteiger partial charge in [-0.2, -0.15) is 0 Å². The lowest BCUT2D eigenvalue weighted by Crippen LogP contribution is -2.45. The van der Waals surface area contributed by atoms with Gasteiger partial charge in [0.25, 0.3) is 0 Å². The Kier molecular flexibility index (Phi) is 10.8. The summed E-state index contributed by atoms with van der Waals surface area (Å²) in [7, 11) is 3.30. The first-order valence-electron chi connectivity index (χ1n) is 18.5. The molecule has 0 bridgehead atoms. The van der Waals surface area contributed by atoms with Gasteiger partial charge in [-0.3, -0.25) is 9.13 Å². The highest BCUT2D eigenvalue weighted by Gasteiger charge is 2.32. The van der Waals surface area contributed by atoms with Crippen molar-refractivity contribution in [2.24, 2.45) is 0 Å². The highest BCUT2D eigenvalue weighted by Crippen LogP contribution is 2.34. The first kappa shape index (κ1) is 37.1. The number of likely N-dealkylation sites (tertiary alicyclic amines) is 1. The minimum Gasteiger partial charge on any atom is -0.497 e. The standard InChI is InChI=1S/C44H47N5O6/c1-44(2,3)55-43(51)46-27-9-10-34(30-46)48-39-25-26-45-41(40(39)49(42(48)50)33-17-23-38(24-18-33)54-37-11-7-6-8-12-37)47(28-31-13-19-35(52-4)20-14-31)29-32-15-21-36(53-5)22-16-32/h6-8,11-26,34H,9-10,27-30H2,1-5H3/t34-/m1/s1. The van der Waals surface area contributed by atoms with E-state index in [1.54, 1.807) is 29.9 Å². The van der Waals surface area contributed by atoms with E-state index in [0.717, 1.165) is 46.7 Å². The Morgan fingerprint density at radius 1 is 0.782 bits per heavy atom. The molecule has 1 saturated heterocycles. The van der Waals surface area contributed by atoms with Crippen LogP contribution in [0.3, 0.4) is 0 Å². The van der Waals surface area contributed by atoms with Gasteiger partial charge in [-0.25, -0.2) is 14.6 Å². The molecular weight excluding hydrogens is 695 g/mol. The summed E-state index contributed by atoms with van der Waals surface area (Å²) < 4.78 is 26.3. The number of methoxy groups -OCH3 is 2. The van der Waals surface area contributed by atoms with E-state index >= 15 is 0 Å². The number of nitrogens with zero attached hydrogens (tertiary/aromatic N) is 5. The van der Waals surface area contributed by atoms with Crippen LogP contribution in [-0.2, 0) is 17.8 Å². The molecule has 0 N–H and O–H groups in total. The number of hydrogen-bond donors (Lipinski definition) is 0. The zero-order valence-electron chi connectivity index (χ0n) is 32.0. The largest absolute Gasteiger partial charge is 0.497 e. The second kappa shape index (κ2) is 16.0. The monoisotopic (exact) mass is 741 g/mol. The molecule has 7 rings (SSSR count). The number of anilines is 1. The van der Waals surface area contributed by atoms with E-state index in [2.05, 4.69) is 4.90 Å². The van der Waals surface area contributed by atoms with Crippen molar-refractivity contribution in [3.63, 3.8) is 0 Å². The van der Waals surface area contributed by atoms with Crippen molar-refractivity contribution in [2.45, 2.75) is 58.3 Å². The van der Waals surface area contributed by atoms with Gasteiger partial charge in [-0.15, -0.1) is 0 Å². The van der Waals surface area contributed by atoms with Crippen molar-refractivity contribution < 1.29 is 23.7 Å². The van der Waals surface area contributed by atoms with Crippen LogP contribution >= 0.6 is 0 Å². The van der Waals surface area contributed by atoms with Crippen molar-refractivity contribution in [1.82, 2.24) is 19.0 Å². The van der Waals surface area contributed by atoms with E-state index in [1.807, 2.05) is 135 Å². The van der Waals surface area contributed by atoms with Crippen molar-refractivity contribution in [1.29, 1.82) is 0 Å². The fourth-order valence-corrected chi connectivity index (χ4v) is 7.03. The number of benzene rings is 4. The molecule has 2 aromatic heterocycles. The third-order valence-corrected chi connectivity index (χ3v) is 9.62. The molecule has 55 heavy (non-hydrogen) atoms. The molecule has 1 aliphatic heterocycles. The van der Waals surface area contributed by atoms with Gasteiger partial charge in [0.1, 0.15) is 34.1 Å². The summed E-state index contributed by atoms with van der Waals surface area (Å²) in [6.45, 7) is 7.49. The minimum absolute atomic E-state index is 0.217. The average molecular weight is 742 g/mol. The normalized spacial score (nSPS) is 14.4. The number of pyridine rings is 1. The second-order valence-corrected chi connectivity index (χ2v) is 14.7. The van der Waals surface area contributed by atoms with Crippen LogP contribution in [0.25, 0.3) is 16.7 Å². The van der Waals surface area contributed by atoms with E-state index in [1.165, 1.54) is 0 Å². The summed E-state index contributed by atoms with van der Waals surface area (Å²) in [5, 5.41) is 0. The predicted octanol–water partition coefficient (Wildman–Crippen LogP) is 8.78. The summed E-state index contributed by atoms with van der Waals surface area (Å²) in [5.74, 6) is 3.54. The molecule has 1 aliphatic rings. The number of imidazole rings is 1. The van der Waals surface area contributed by atoms with Gasteiger partial charge in [-0.05, 0) is 111 Å². The number of rotatable bonds is 11. The Labute approximate surface area is 321 Å². The van der Waals surface area contributed by atoms with Gasteiger partial charge in [0, 0.05) is 32.4 Å². The molecule has 1 fully saturated rings. The molecule has 284 valence electrons. The third kappa shape index (κ3) is 8.46. The predicted molar refractivity (Wildman–Crippen MR) is 214 cm³/mol. The number of ether oxygens (including phenoxy) is 4. The molecule has 0 spiro atoms. The molecule has 3 heterocycles. The third-order valence-electron chi connectivity index (χ3n) is 9.62. The number of carbonyl (C=O) groups excluding carboxylic acids is 1. The molecular formula is C44H47N5O6. The zero-order chi connectivity index (χ0) is 38.5. The fourth-order valence-electron chi connectivity index (χ4n) is 7.03. The molecule has 6 aromatic rings. The van der Waals surface area contributed by atoms with E-state index in [9.17, 15) is 9.59 Å². The highest BCUT2D eigenvalue weighted by atomic mass is 16.6. The smallest absolute Gasteiger partial charge is 0.410 e. The Morgan fingerprint density at radius 2 is 1.36 bits per heavy atom. The molecule has 11 heteroatoms. The van der Waals surface area contributed by atoms with E-state index in [0.29, 0.717) is 49.0 Å². The number of carbonyl (C=O) groups is 1. The number of amides is 1. The minimum atomic E-state index is -0.634. The van der Waals surface area contributed by atoms with Crippen LogP contribution in [0.2, 0.25) is 0 Å². The molecule has 1 amide bonds. The highest BCUT2D eigenvalue weighted by molar-refractivity contribution is 5.89. The SMILES string of the molecule is COc1ccc(CN(Cc2ccc(OC)cc2)c2nccc3c2n(-c2ccc(Oc4ccccc4)cc2)c(=O)n3[C@@H]2CCCN(C(=O)OC(C)(C)C)C2)cc1. The Morgan fingerprint density at radius 3 is 1.95 bits per heavy atom. The van der Waals surface area contributed by atoms with Crippen LogP contribution < -0.4 is 24.8 Å². The quantitative estimate of drug-likeness (QED) is 0.130. The fraction of sp³-hybridized carbons (Fsp3) is 0.295. The van der Waals surface area contributed by atoms with Gasteiger partial charge in [0.2, 0.25) is 0 Å². The Balaban J connectivity index is 1.36. The van der Waals surface area contributed by atoms with Gasteiger partial charge in [0.15, 0.2) is 5.82 Å². The number of fused-ring (bicyclic) bond motifs is 1. The molecule has 1 atom stereocenters. The van der Waals surface area contributed by atoms with Crippen LogP contribution in [-0.4, -0.2) is 58.0 Å². The lowest BCUT2D eigenvalue weighted by molar-refractivity contribution is 0.0173. The Hall–Kier alpha value is -6.23. The maximum Gasteiger partial charge on any atom is 0.410 e. The van der Waals surface area contributed by atoms with Crippen LogP contribution in [0.1, 0.15) is 50.8 Å². The molecule has 4 aromatic carbocycles. The number of para-hydroxylation sites is 1. The van der Waals surface area contributed by atoms with Gasteiger partial charge in [0.05, 0.1) is 31.5 Å². The zero-order valence-corrected chi connectivity index (χ0v) is 32.0. The summed E-state index contributed by atoms with van der Waals surface area (Å²) in [6, 6.07) is 34.6. The van der Waals surface area contributed by atoms with Crippen LogP contribution in [0.4, 0.5) is 10.6 Å². The van der Waals surface area contributed by atoms with Crippen LogP contribution in [0.5, 0.6) is 23.0 Å². The maximum absolute atomic E-state index is 15.0. The molecule has 11 nitrogen and oxygen atoms in total. The lowest BCUT2D eigenvalue weighted by atomic mass is 10.1. The van der Waals surface area contributed by atoms with E-state index in [4.69, 9.17) is 23.9 Å². The lowest BCUT2D eigenvalue weighted by Gasteiger charge is -2.34. The summed E-state index contributed by atoms with van der Waals surface area (Å²) >= 11 is 0. The first-order valence-corrected chi connectivity index (χ1v) is 18.5. The van der Waals surface area contributed by atoms with E-state index in [-0.39, 0.29) is 17.8 Å². The van der Waals surface area contributed by atoms with Crippen molar-refractivity contribution >= 4 is 22.9 Å². The number of aromatic nitrogens is 3. The van der Waals surface area contributed by atoms with Crippen LogP contribution in [0, 0.1) is 0 Å². The number of hydrogen-bond acceptors (Lipinski definition) is 8.